The van der Waals surface area contributed by atoms with Gasteiger partial charge in [0.05, 0.1) is 0 Å². The Morgan fingerprint density at radius 2 is 2.30 bits per heavy atom. The molecule has 1 rings (SSSR count). The molecule has 0 nitrogen and oxygen atoms in total. The Morgan fingerprint density at radius 1 is 1.50 bits per heavy atom. The van der Waals surface area contributed by atoms with E-state index in [1.165, 1.54) is 0 Å². The van der Waals surface area contributed by atoms with Gasteiger partial charge in [-0.2, -0.15) is 0 Å². The van der Waals surface area contributed by atoms with Gasteiger partial charge in [-0.3, -0.25) is 0 Å². The van der Waals surface area contributed by atoms with Gasteiger partial charge in [0.1, 0.15) is 0 Å². The van der Waals surface area contributed by atoms with Gasteiger partial charge in [-0.1, -0.05) is 0 Å². The van der Waals surface area contributed by atoms with Crippen molar-refractivity contribution in [3.05, 3.63) is 35.1 Å². The second-order valence-corrected chi connectivity index (χ2v) is 3.00. The van der Waals surface area contributed by atoms with E-state index in [0.29, 0.717) is 0 Å². The Hall–Kier alpha value is -0.183. The summed E-state index contributed by atoms with van der Waals surface area (Å²) >= 11 is 2.07. The molecule has 0 saturated heterocycles. The summed E-state index contributed by atoms with van der Waals surface area (Å²) in [4.78, 5) is 0. The summed E-state index contributed by atoms with van der Waals surface area (Å²) in [6.45, 7) is 2.24. The average molecular weight is 126 g/mol. The van der Waals surface area contributed by atoms with Crippen LogP contribution in [0, 0.1) is 5.41 Å². The van der Waals surface area contributed by atoms with Gasteiger partial charge in [0.25, 0.3) is 0 Å². The quantitative estimate of drug-likeness (QED) is 0.472. The molecule has 1 atom stereocenters. The first-order valence-corrected chi connectivity index (χ1v) is 3.75. The molecule has 0 amide bonds. The average Bonchev–Trinajstić information content (AvgIpc) is 1.89. The van der Waals surface area contributed by atoms with Gasteiger partial charge in [0.2, 0.25) is 0 Å². The Kier molecular flexibility index (Phi) is 2.60. The van der Waals surface area contributed by atoms with Crippen LogP contribution in [-0.4, -0.2) is 17.7 Å². The minimum atomic E-state index is 0.281. The molecule has 0 radical (unpaired) electrons. The molecule has 0 aliphatic heterocycles. The molecule has 0 heterocycles. The molecule has 0 aromatic carbocycles. The third-order valence-electron chi connectivity index (χ3n) is 1.83. The van der Waals surface area contributed by atoms with E-state index in [9.17, 15) is 0 Å². The summed E-state index contributed by atoms with van der Waals surface area (Å²) < 4.78 is 2.11. The first-order valence-electron chi connectivity index (χ1n) is 3.75. The van der Waals surface area contributed by atoms with E-state index in [1.54, 1.807) is 0 Å². The molecule has 1 aliphatic carbocycles. The van der Waals surface area contributed by atoms with Crippen molar-refractivity contribution < 1.29 is 0 Å². The van der Waals surface area contributed by atoms with Crippen molar-refractivity contribution in [3.63, 3.8) is 0 Å². The Morgan fingerprint density at radius 3 is 2.80 bits per heavy atom. The summed E-state index contributed by atoms with van der Waals surface area (Å²) in [5, 5.41) is 0. The molecule has 0 aromatic heterocycles. The fourth-order valence-corrected chi connectivity index (χ4v) is 1.25. The van der Waals surface area contributed by atoms with Crippen LogP contribution >= 0.6 is 0 Å². The van der Waals surface area contributed by atoms with Gasteiger partial charge < -0.3 is 0 Å². The number of rotatable bonds is 1. The fraction of sp³-hybridized carbons (Fsp3) is 0.333. The standard InChI is InChI=1S/C9H11.Li/c1-3-9(2)7-5-4-6-8-9;/h1,3-7H,8H2,2H3;. The van der Waals surface area contributed by atoms with Crippen molar-refractivity contribution >= 4 is 17.7 Å². The van der Waals surface area contributed by atoms with E-state index in [-0.39, 0.29) is 5.41 Å². The van der Waals surface area contributed by atoms with Gasteiger partial charge >= 0.3 is 71.6 Å². The number of hydrogen-bond donors (Lipinski definition) is 0. The molecule has 1 aliphatic rings. The van der Waals surface area contributed by atoms with Crippen LogP contribution in [0.15, 0.2) is 35.1 Å². The third kappa shape index (κ3) is 1.90. The van der Waals surface area contributed by atoms with Gasteiger partial charge in [-0.05, 0) is 0 Å². The number of hydrogen-bond acceptors (Lipinski definition) is 0. The van der Waals surface area contributed by atoms with E-state index in [2.05, 4.69) is 59.8 Å². The predicted molar refractivity (Wildman–Crippen MR) is 45.9 cm³/mol. The van der Waals surface area contributed by atoms with Crippen LogP contribution in [0.1, 0.15) is 13.3 Å². The Balaban J connectivity index is 2.70. The molecule has 48 valence electrons. The van der Waals surface area contributed by atoms with E-state index < -0.39 is 0 Å². The van der Waals surface area contributed by atoms with E-state index >= 15 is 0 Å². The SMILES string of the molecule is [Li][CH]=CC1(C)C=CC=CC1. The second-order valence-electron chi connectivity index (χ2n) is 3.00. The van der Waals surface area contributed by atoms with Gasteiger partial charge in [-0.15, -0.1) is 0 Å². The molecule has 0 spiro atoms. The summed E-state index contributed by atoms with van der Waals surface area (Å²) in [5.41, 5.74) is 0.281. The molecule has 0 aromatic rings. The first-order chi connectivity index (χ1) is 4.77. The van der Waals surface area contributed by atoms with E-state index in [4.69, 9.17) is 0 Å². The molecule has 1 heteroatoms. The Labute approximate surface area is 71.9 Å². The molecular formula is C9H11Li. The van der Waals surface area contributed by atoms with Gasteiger partial charge in [-0.25, -0.2) is 0 Å². The van der Waals surface area contributed by atoms with Crippen molar-refractivity contribution in [2.45, 2.75) is 13.3 Å². The van der Waals surface area contributed by atoms with Crippen LogP contribution in [-0.2, 0) is 0 Å². The molecular weight excluding hydrogens is 115 g/mol. The maximum absolute atomic E-state index is 2.24. The Bertz CT molecular complexity index is 189. The summed E-state index contributed by atoms with van der Waals surface area (Å²) in [5.74, 6) is 0. The molecule has 0 bridgehead atoms. The molecule has 10 heavy (non-hydrogen) atoms. The summed E-state index contributed by atoms with van der Waals surface area (Å²) in [6, 6.07) is 0. The predicted octanol–water partition coefficient (Wildman–Crippen LogP) is 2.19. The van der Waals surface area contributed by atoms with Crippen LogP contribution in [0.5, 0.6) is 0 Å². The fourth-order valence-electron chi connectivity index (χ4n) is 1.25. The summed E-state index contributed by atoms with van der Waals surface area (Å²) in [7, 11) is 0. The third-order valence-corrected chi connectivity index (χ3v) is 1.83. The zero-order valence-electron chi connectivity index (χ0n) is 6.67. The zero-order valence-corrected chi connectivity index (χ0v) is 6.67. The van der Waals surface area contributed by atoms with E-state index in [1.807, 2.05) is 0 Å². The normalized spacial score (nSPS) is 31.9. The second kappa shape index (κ2) is 3.28. The van der Waals surface area contributed by atoms with Crippen molar-refractivity contribution in [3.8, 4) is 0 Å². The van der Waals surface area contributed by atoms with Crippen molar-refractivity contribution in [1.82, 2.24) is 0 Å². The summed E-state index contributed by atoms with van der Waals surface area (Å²) in [6.07, 6.45) is 12.0. The number of allylic oxidation sites excluding steroid dienone is 5. The maximum atomic E-state index is 2.24. The molecule has 1 unspecified atom stereocenters. The van der Waals surface area contributed by atoms with Crippen molar-refractivity contribution in [2.24, 2.45) is 5.41 Å². The van der Waals surface area contributed by atoms with Gasteiger partial charge in [0.15, 0.2) is 0 Å². The van der Waals surface area contributed by atoms with Crippen LogP contribution in [0.3, 0.4) is 0 Å². The van der Waals surface area contributed by atoms with Crippen LogP contribution < -0.4 is 0 Å². The minimum absolute atomic E-state index is 0.281. The van der Waals surface area contributed by atoms with Crippen molar-refractivity contribution in [2.75, 3.05) is 0 Å². The molecule has 0 N–H and O–H groups in total. The monoisotopic (exact) mass is 126 g/mol. The topological polar surface area (TPSA) is 0 Å². The van der Waals surface area contributed by atoms with Crippen LogP contribution in [0.2, 0.25) is 0 Å². The van der Waals surface area contributed by atoms with Crippen molar-refractivity contribution in [1.29, 1.82) is 0 Å². The van der Waals surface area contributed by atoms with E-state index in [0.717, 1.165) is 6.42 Å². The zero-order chi connectivity index (χ0) is 7.45. The van der Waals surface area contributed by atoms with Gasteiger partial charge in [0, 0.05) is 0 Å². The first kappa shape index (κ1) is 7.92. The molecule has 0 fully saturated rings. The van der Waals surface area contributed by atoms with Crippen LogP contribution in [0.25, 0.3) is 0 Å². The van der Waals surface area contributed by atoms with Crippen LogP contribution in [0.4, 0.5) is 0 Å². The molecule has 0 saturated carbocycles.